The Morgan fingerprint density at radius 2 is 1.90 bits per heavy atom. The molecule has 0 heterocycles. The van der Waals surface area contributed by atoms with Crippen LogP contribution in [0.25, 0.3) is 0 Å². The fourth-order valence-electron chi connectivity index (χ4n) is 2.11. The highest BCUT2D eigenvalue weighted by Crippen LogP contribution is 2.27. The predicted molar refractivity (Wildman–Crippen MR) is 87.7 cm³/mol. The van der Waals surface area contributed by atoms with Gasteiger partial charge in [0.1, 0.15) is 5.75 Å². The minimum Gasteiger partial charge on any atom is -0.497 e. The Kier molecular flexibility index (Phi) is 5.46. The lowest BCUT2D eigenvalue weighted by Gasteiger charge is -2.17. The van der Waals surface area contributed by atoms with Gasteiger partial charge in [0.15, 0.2) is 0 Å². The summed E-state index contributed by atoms with van der Waals surface area (Å²) in [5, 5.41) is 4.07. The molecular weight excluding hydrogens is 338 g/mol. The molecule has 4 heteroatoms. The summed E-state index contributed by atoms with van der Waals surface area (Å²) in [6, 6.07) is 14.4. The highest BCUT2D eigenvalue weighted by molar-refractivity contribution is 9.10. The van der Waals surface area contributed by atoms with Crippen LogP contribution in [0.2, 0.25) is 5.02 Å². The molecule has 2 nitrogen and oxygen atoms in total. The molecule has 2 rings (SSSR count). The van der Waals surface area contributed by atoms with Gasteiger partial charge in [-0.1, -0.05) is 29.8 Å². The van der Waals surface area contributed by atoms with Crippen molar-refractivity contribution in [2.24, 2.45) is 0 Å². The van der Waals surface area contributed by atoms with Crippen molar-refractivity contribution in [2.45, 2.75) is 12.5 Å². The van der Waals surface area contributed by atoms with Crippen molar-refractivity contribution in [3.8, 4) is 5.75 Å². The summed E-state index contributed by atoms with van der Waals surface area (Å²) in [7, 11) is 3.64. The molecule has 1 unspecified atom stereocenters. The van der Waals surface area contributed by atoms with E-state index in [0.717, 1.165) is 21.7 Å². The highest BCUT2D eigenvalue weighted by Gasteiger charge is 2.11. The fourth-order valence-corrected chi connectivity index (χ4v) is 2.55. The van der Waals surface area contributed by atoms with Gasteiger partial charge < -0.3 is 10.1 Å². The van der Waals surface area contributed by atoms with E-state index in [1.165, 1.54) is 11.1 Å². The van der Waals surface area contributed by atoms with E-state index in [9.17, 15) is 0 Å². The van der Waals surface area contributed by atoms with Crippen LogP contribution in [0.15, 0.2) is 46.9 Å². The second-order valence-corrected chi connectivity index (χ2v) is 5.83. The average molecular weight is 355 g/mol. The Hall–Kier alpha value is -1.03. The topological polar surface area (TPSA) is 21.3 Å². The van der Waals surface area contributed by atoms with E-state index in [2.05, 4.69) is 39.4 Å². The number of hydrogen-bond donors (Lipinski definition) is 1. The van der Waals surface area contributed by atoms with Gasteiger partial charge >= 0.3 is 0 Å². The highest BCUT2D eigenvalue weighted by atomic mass is 79.9. The van der Waals surface area contributed by atoms with Crippen LogP contribution in [0.4, 0.5) is 0 Å². The molecule has 0 bridgehead atoms. The molecule has 2 aromatic rings. The molecule has 0 amide bonds. The maximum Gasteiger partial charge on any atom is 0.118 e. The number of rotatable bonds is 5. The molecule has 106 valence electrons. The fraction of sp³-hybridized carbons (Fsp3) is 0.250. The third kappa shape index (κ3) is 3.75. The molecule has 20 heavy (non-hydrogen) atoms. The van der Waals surface area contributed by atoms with Crippen molar-refractivity contribution >= 4 is 27.5 Å². The van der Waals surface area contributed by atoms with Gasteiger partial charge in [0, 0.05) is 10.5 Å². The van der Waals surface area contributed by atoms with Gasteiger partial charge in [-0.15, -0.1) is 0 Å². The first kappa shape index (κ1) is 15.4. The minimum atomic E-state index is 0.231. The van der Waals surface area contributed by atoms with Crippen LogP contribution in [0, 0.1) is 0 Å². The second-order valence-electron chi connectivity index (χ2n) is 4.57. The van der Waals surface area contributed by atoms with Gasteiger partial charge in [-0.25, -0.2) is 0 Å². The van der Waals surface area contributed by atoms with E-state index in [1.807, 2.05) is 31.3 Å². The molecular formula is C16H17BrClNO. The first-order valence-electron chi connectivity index (χ1n) is 6.39. The van der Waals surface area contributed by atoms with E-state index in [-0.39, 0.29) is 6.04 Å². The van der Waals surface area contributed by atoms with Gasteiger partial charge in [-0.05, 0) is 64.8 Å². The van der Waals surface area contributed by atoms with Crippen molar-refractivity contribution in [1.82, 2.24) is 5.32 Å². The Morgan fingerprint density at radius 3 is 2.45 bits per heavy atom. The molecule has 1 N–H and O–H groups in total. The maximum atomic E-state index is 6.17. The number of ether oxygens (including phenoxy) is 1. The number of hydrogen-bond acceptors (Lipinski definition) is 2. The van der Waals surface area contributed by atoms with Crippen LogP contribution in [0.5, 0.6) is 5.75 Å². The molecule has 0 radical (unpaired) electrons. The molecule has 0 spiro atoms. The van der Waals surface area contributed by atoms with Crippen LogP contribution in [0.1, 0.15) is 17.2 Å². The number of halogens is 2. The van der Waals surface area contributed by atoms with Crippen molar-refractivity contribution < 1.29 is 4.74 Å². The molecule has 0 aliphatic rings. The molecule has 1 atom stereocenters. The smallest absolute Gasteiger partial charge is 0.118 e. The molecule has 2 aromatic carbocycles. The molecule has 0 saturated carbocycles. The molecule has 0 aromatic heterocycles. The number of benzene rings is 2. The number of likely N-dealkylation sites (N-methyl/N-ethyl adjacent to an activating group) is 1. The lowest BCUT2D eigenvalue weighted by molar-refractivity contribution is 0.414. The summed E-state index contributed by atoms with van der Waals surface area (Å²) in [4.78, 5) is 0. The molecule has 0 saturated heterocycles. The van der Waals surface area contributed by atoms with Crippen molar-refractivity contribution in [1.29, 1.82) is 0 Å². The monoisotopic (exact) mass is 353 g/mol. The molecule has 0 fully saturated rings. The quantitative estimate of drug-likeness (QED) is 0.846. The van der Waals surface area contributed by atoms with E-state index < -0.39 is 0 Å². The van der Waals surface area contributed by atoms with Gasteiger partial charge in [-0.2, -0.15) is 0 Å². The molecule has 0 aliphatic heterocycles. The normalized spacial score (nSPS) is 12.2. The Bertz CT molecular complexity index is 571. The SMILES string of the molecule is CNC(Cc1ccc(OC)cc1)c1ccc(Br)c(Cl)c1. The van der Waals surface area contributed by atoms with Crippen LogP contribution in [0.3, 0.4) is 0 Å². The van der Waals surface area contributed by atoms with Gasteiger partial charge in [0.05, 0.1) is 12.1 Å². The Morgan fingerprint density at radius 1 is 1.20 bits per heavy atom. The lowest BCUT2D eigenvalue weighted by atomic mass is 9.99. The summed E-state index contributed by atoms with van der Waals surface area (Å²) >= 11 is 9.58. The Labute approximate surface area is 133 Å². The third-order valence-corrected chi connectivity index (χ3v) is 4.53. The zero-order valence-electron chi connectivity index (χ0n) is 11.5. The van der Waals surface area contributed by atoms with E-state index in [4.69, 9.17) is 16.3 Å². The zero-order chi connectivity index (χ0) is 14.5. The summed E-state index contributed by atoms with van der Waals surface area (Å²) < 4.78 is 6.09. The van der Waals surface area contributed by atoms with Gasteiger partial charge in [0.2, 0.25) is 0 Å². The third-order valence-electron chi connectivity index (χ3n) is 3.29. The maximum absolute atomic E-state index is 6.17. The van der Waals surface area contributed by atoms with Crippen molar-refractivity contribution in [2.75, 3.05) is 14.2 Å². The summed E-state index contributed by atoms with van der Waals surface area (Å²) in [5.41, 5.74) is 2.43. The van der Waals surface area contributed by atoms with Crippen molar-refractivity contribution in [3.63, 3.8) is 0 Å². The summed E-state index contributed by atoms with van der Waals surface area (Å²) in [5.74, 6) is 0.876. The van der Waals surface area contributed by atoms with Crippen LogP contribution in [-0.4, -0.2) is 14.2 Å². The van der Waals surface area contributed by atoms with Gasteiger partial charge in [-0.3, -0.25) is 0 Å². The predicted octanol–water partition coefficient (Wildman–Crippen LogP) is 4.61. The van der Waals surface area contributed by atoms with E-state index in [0.29, 0.717) is 0 Å². The lowest BCUT2D eigenvalue weighted by Crippen LogP contribution is -2.18. The minimum absolute atomic E-state index is 0.231. The number of nitrogens with one attached hydrogen (secondary N) is 1. The zero-order valence-corrected chi connectivity index (χ0v) is 13.8. The molecule has 0 aliphatic carbocycles. The van der Waals surface area contributed by atoms with Gasteiger partial charge in [0.25, 0.3) is 0 Å². The average Bonchev–Trinajstić information content (AvgIpc) is 2.48. The largest absolute Gasteiger partial charge is 0.497 e. The van der Waals surface area contributed by atoms with Crippen LogP contribution >= 0.6 is 27.5 Å². The van der Waals surface area contributed by atoms with E-state index in [1.54, 1.807) is 7.11 Å². The standard InChI is InChI=1S/C16H17BrClNO/c1-19-16(12-5-8-14(17)15(18)10-12)9-11-3-6-13(20-2)7-4-11/h3-8,10,16,19H,9H2,1-2H3. The van der Waals surface area contributed by atoms with E-state index >= 15 is 0 Å². The van der Waals surface area contributed by atoms with Crippen molar-refractivity contribution in [3.05, 3.63) is 63.1 Å². The first-order valence-corrected chi connectivity index (χ1v) is 7.56. The Balaban J connectivity index is 2.16. The van der Waals surface area contributed by atoms with Crippen LogP contribution < -0.4 is 10.1 Å². The first-order chi connectivity index (χ1) is 9.63. The summed E-state index contributed by atoms with van der Waals surface area (Å²) in [6.07, 6.45) is 0.901. The summed E-state index contributed by atoms with van der Waals surface area (Å²) in [6.45, 7) is 0. The second kappa shape index (κ2) is 7.11. The van der Waals surface area contributed by atoms with Crippen LogP contribution in [-0.2, 0) is 6.42 Å². The number of methoxy groups -OCH3 is 1.